The van der Waals surface area contributed by atoms with Crippen molar-refractivity contribution in [3.8, 4) is 0 Å². The third-order valence-corrected chi connectivity index (χ3v) is 5.91. The lowest BCUT2D eigenvalue weighted by Gasteiger charge is -2.18. The number of benzene rings is 1. The van der Waals surface area contributed by atoms with E-state index < -0.39 is 16.1 Å². The van der Waals surface area contributed by atoms with Crippen molar-refractivity contribution in [3.63, 3.8) is 0 Å². The van der Waals surface area contributed by atoms with E-state index in [9.17, 15) is 13.5 Å². The number of aliphatic hydroxyl groups is 2. The number of sulfonamides is 1. The van der Waals surface area contributed by atoms with Crippen LogP contribution in [-0.4, -0.2) is 42.6 Å². The quantitative estimate of drug-likeness (QED) is 0.835. The van der Waals surface area contributed by atoms with E-state index >= 15 is 0 Å². The summed E-state index contributed by atoms with van der Waals surface area (Å²) < 4.78 is 26.7. The lowest BCUT2D eigenvalue weighted by atomic mass is 10.1. The lowest BCUT2D eigenvalue weighted by Crippen LogP contribution is -2.29. The van der Waals surface area contributed by atoms with Crippen LogP contribution in [0.25, 0.3) is 0 Å². The van der Waals surface area contributed by atoms with E-state index in [1.807, 2.05) is 6.92 Å². The second-order valence-electron chi connectivity index (χ2n) is 5.53. The summed E-state index contributed by atoms with van der Waals surface area (Å²) in [5, 5.41) is 18.8. The molecular weight excluding hydrogens is 290 g/mol. The van der Waals surface area contributed by atoms with Gasteiger partial charge in [-0.3, -0.25) is 0 Å². The standard InChI is InChI=1S/C15H23NO4S/c1-2-15(18)13-4-3-5-14(10-13)21(19,20)16-8-6-12(11-16)7-9-17/h3-5,10,12,15,17-18H,2,6-9,11H2,1H3. The van der Waals surface area contributed by atoms with Gasteiger partial charge in [-0.05, 0) is 42.9 Å². The highest BCUT2D eigenvalue weighted by atomic mass is 32.2. The predicted octanol–water partition coefficient (Wildman–Crippen LogP) is 1.52. The van der Waals surface area contributed by atoms with Gasteiger partial charge in [0.2, 0.25) is 10.0 Å². The Morgan fingerprint density at radius 2 is 2.19 bits per heavy atom. The maximum absolute atomic E-state index is 12.6. The molecule has 1 saturated heterocycles. The van der Waals surface area contributed by atoms with Crippen LogP contribution in [0, 0.1) is 5.92 Å². The third-order valence-electron chi connectivity index (χ3n) is 4.05. The zero-order valence-electron chi connectivity index (χ0n) is 12.3. The highest BCUT2D eigenvalue weighted by Gasteiger charge is 2.32. The molecule has 2 N–H and O–H groups in total. The minimum absolute atomic E-state index is 0.0940. The third kappa shape index (κ3) is 3.63. The number of nitrogens with zero attached hydrogens (tertiary/aromatic N) is 1. The van der Waals surface area contributed by atoms with Crippen LogP contribution in [0.15, 0.2) is 29.2 Å². The van der Waals surface area contributed by atoms with Crippen molar-refractivity contribution in [1.29, 1.82) is 0 Å². The molecule has 0 saturated carbocycles. The molecule has 2 rings (SSSR count). The molecule has 0 bridgehead atoms. The zero-order chi connectivity index (χ0) is 15.5. The average Bonchev–Trinajstić information content (AvgIpc) is 2.96. The van der Waals surface area contributed by atoms with E-state index in [1.54, 1.807) is 24.3 Å². The van der Waals surface area contributed by atoms with Gasteiger partial charge in [0.05, 0.1) is 11.0 Å². The van der Waals surface area contributed by atoms with Crippen LogP contribution in [-0.2, 0) is 10.0 Å². The van der Waals surface area contributed by atoms with E-state index in [4.69, 9.17) is 5.11 Å². The maximum Gasteiger partial charge on any atom is 0.243 e. The SMILES string of the molecule is CCC(O)c1cccc(S(=O)(=O)N2CCC(CCO)C2)c1. The predicted molar refractivity (Wildman–Crippen MR) is 80.3 cm³/mol. The normalized spacial score (nSPS) is 21.6. The first-order chi connectivity index (χ1) is 9.98. The Bertz CT molecular complexity index is 573. The summed E-state index contributed by atoms with van der Waals surface area (Å²) in [6.07, 6.45) is 1.34. The maximum atomic E-state index is 12.6. The van der Waals surface area contributed by atoms with Gasteiger partial charge >= 0.3 is 0 Å². The van der Waals surface area contributed by atoms with Gasteiger partial charge in [-0.25, -0.2) is 8.42 Å². The Balaban J connectivity index is 2.20. The molecule has 118 valence electrons. The molecule has 1 fully saturated rings. The van der Waals surface area contributed by atoms with Crippen molar-refractivity contribution in [2.75, 3.05) is 19.7 Å². The summed E-state index contributed by atoms with van der Waals surface area (Å²) in [5.41, 5.74) is 0.629. The van der Waals surface area contributed by atoms with Crippen LogP contribution in [0.2, 0.25) is 0 Å². The summed E-state index contributed by atoms with van der Waals surface area (Å²) in [6, 6.07) is 6.54. The van der Waals surface area contributed by atoms with Gasteiger partial charge in [-0.15, -0.1) is 0 Å². The molecule has 1 heterocycles. The summed E-state index contributed by atoms with van der Waals surface area (Å²) in [6.45, 7) is 2.90. The fraction of sp³-hybridized carbons (Fsp3) is 0.600. The molecule has 1 aliphatic rings. The highest BCUT2D eigenvalue weighted by Crippen LogP contribution is 2.27. The molecule has 0 aromatic heterocycles. The van der Waals surface area contributed by atoms with Gasteiger partial charge < -0.3 is 10.2 Å². The Morgan fingerprint density at radius 3 is 2.86 bits per heavy atom. The van der Waals surface area contributed by atoms with Crippen LogP contribution in [0.3, 0.4) is 0 Å². The average molecular weight is 313 g/mol. The number of aliphatic hydroxyl groups excluding tert-OH is 2. The van der Waals surface area contributed by atoms with Crippen molar-refractivity contribution < 1.29 is 18.6 Å². The van der Waals surface area contributed by atoms with Crippen LogP contribution in [0.4, 0.5) is 0 Å². The van der Waals surface area contributed by atoms with E-state index in [0.29, 0.717) is 31.5 Å². The lowest BCUT2D eigenvalue weighted by molar-refractivity contribution is 0.173. The summed E-state index contributed by atoms with van der Waals surface area (Å²) >= 11 is 0. The van der Waals surface area contributed by atoms with Crippen LogP contribution >= 0.6 is 0 Å². The molecule has 2 unspecified atom stereocenters. The minimum Gasteiger partial charge on any atom is -0.396 e. The Labute approximate surface area is 126 Å². The summed E-state index contributed by atoms with van der Waals surface area (Å²) in [5.74, 6) is 0.231. The molecule has 5 nitrogen and oxygen atoms in total. The molecule has 21 heavy (non-hydrogen) atoms. The van der Waals surface area contributed by atoms with E-state index in [2.05, 4.69) is 0 Å². The molecule has 1 aromatic carbocycles. The minimum atomic E-state index is -3.51. The molecule has 1 aromatic rings. The van der Waals surface area contributed by atoms with Gasteiger partial charge in [0.25, 0.3) is 0 Å². The van der Waals surface area contributed by atoms with Crippen LogP contribution in [0.5, 0.6) is 0 Å². The molecule has 0 amide bonds. The van der Waals surface area contributed by atoms with Crippen molar-refractivity contribution in [2.24, 2.45) is 5.92 Å². The van der Waals surface area contributed by atoms with Gasteiger partial charge in [0.1, 0.15) is 0 Å². The first-order valence-electron chi connectivity index (χ1n) is 7.38. The number of hydrogen-bond donors (Lipinski definition) is 2. The van der Waals surface area contributed by atoms with Crippen molar-refractivity contribution in [3.05, 3.63) is 29.8 Å². The molecule has 0 radical (unpaired) electrons. The summed E-state index contributed by atoms with van der Waals surface area (Å²) in [4.78, 5) is 0.233. The fourth-order valence-electron chi connectivity index (χ4n) is 2.70. The van der Waals surface area contributed by atoms with Crippen molar-refractivity contribution >= 4 is 10.0 Å². The Morgan fingerprint density at radius 1 is 1.43 bits per heavy atom. The van der Waals surface area contributed by atoms with E-state index in [-0.39, 0.29) is 17.4 Å². The molecular formula is C15H23NO4S. The van der Waals surface area contributed by atoms with Crippen LogP contribution < -0.4 is 0 Å². The highest BCUT2D eigenvalue weighted by molar-refractivity contribution is 7.89. The second kappa shape index (κ2) is 6.87. The molecule has 0 spiro atoms. The smallest absolute Gasteiger partial charge is 0.243 e. The van der Waals surface area contributed by atoms with Gasteiger partial charge in [0.15, 0.2) is 0 Å². The summed E-state index contributed by atoms with van der Waals surface area (Å²) in [7, 11) is -3.51. The number of hydrogen-bond acceptors (Lipinski definition) is 4. The van der Waals surface area contributed by atoms with E-state index in [1.165, 1.54) is 4.31 Å². The first kappa shape index (κ1) is 16.4. The molecule has 1 aliphatic heterocycles. The van der Waals surface area contributed by atoms with Crippen LogP contribution in [0.1, 0.15) is 37.9 Å². The number of rotatable bonds is 6. The van der Waals surface area contributed by atoms with Crippen molar-refractivity contribution in [2.45, 2.75) is 37.2 Å². The Hall–Kier alpha value is -0.950. The topological polar surface area (TPSA) is 77.8 Å². The molecule has 6 heteroatoms. The first-order valence-corrected chi connectivity index (χ1v) is 8.82. The fourth-order valence-corrected chi connectivity index (χ4v) is 4.29. The van der Waals surface area contributed by atoms with E-state index in [0.717, 1.165) is 6.42 Å². The second-order valence-corrected chi connectivity index (χ2v) is 7.46. The monoisotopic (exact) mass is 313 g/mol. The van der Waals surface area contributed by atoms with Gasteiger partial charge in [0, 0.05) is 19.7 Å². The Kier molecular flexibility index (Phi) is 5.37. The zero-order valence-corrected chi connectivity index (χ0v) is 13.1. The molecule has 2 atom stereocenters. The van der Waals surface area contributed by atoms with Gasteiger partial charge in [-0.2, -0.15) is 4.31 Å². The van der Waals surface area contributed by atoms with Crippen molar-refractivity contribution in [1.82, 2.24) is 4.31 Å². The largest absolute Gasteiger partial charge is 0.396 e. The molecule has 0 aliphatic carbocycles. The van der Waals surface area contributed by atoms with Gasteiger partial charge in [-0.1, -0.05) is 19.1 Å².